The van der Waals surface area contributed by atoms with Crippen molar-refractivity contribution in [3.63, 3.8) is 0 Å². The van der Waals surface area contributed by atoms with E-state index in [2.05, 4.69) is 5.32 Å². The van der Waals surface area contributed by atoms with Crippen LogP contribution in [0.5, 0.6) is 0 Å². The lowest BCUT2D eigenvalue weighted by atomic mass is 10.1. The van der Waals surface area contributed by atoms with Crippen LogP contribution in [0.4, 0.5) is 0 Å². The minimum absolute atomic E-state index is 0.0788. The molecule has 0 aliphatic heterocycles. The van der Waals surface area contributed by atoms with Gasteiger partial charge >= 0.3 is 5.97 Å². The van der Waals surface area contributed by atoms with Crippen LogP contribution in [0.25, 0.3) is 0 Å². The smallest absolute Gasteiger partial charge is 0.306 e. The summed E-state index contributed by atoms with van der Waals surface area (Å²) in [5.41, 5.74) is 0.598. The van der Waals surface area contributed by atoms with Crippen LogP contribution in [-0.2, 0) is 16.0 Å². The van der Waals surface area contributed by atoms with Crippen LogP contribution in [0.2, 0.25) is 10.0 Å². The molecular weight excluding hydrogens is 301 g/mol. The molecule has 2 atom stereocenters. The normalized spacial score (nSPS) is 21.7. The summed E-state index contributed by atoms with van der Waals surface area (Å²) < 4.78 is 0. The Balaban J connectivity index is 1.92. The van der Waals surface area contributed by atoms with Crippen molar-refractivity contribution < 1.29 is 14.7 Å². The lowest BCUT2D eigenvalue weighted by Crippen LogP contribution is -2.34. The second-order valence-corrected chi connectivity index (χ2v) is 5.80. The molecule has 0 bridgehead atoms. The fourth-order valence-corrected chi connectivity index (χ4v) is 3.01. The van der Waals surface area contributed by atoms with Gasteiger partial charge in [0.25, 0.3) is 0 Å². The minimum Gasteiger partial charge on any atom is -0.481 e. The van der Waals surface area contributed by atoms with E-state index >= 15 is 0 Å². The van der Waals surface area contributed by atoms with Crippen molar-refractivity contribution in [1.82, 2.24) is 5.32 Å². The number of amides is 1. The summed E-state index contributed by atoms with van der Waals surface area (Å²) in [7, 11) is 0. The van der Waals surface area contributed by atoms with Gasteiger partial charge < -0.3 is 10.4 Å². The van der Waals surface area contributed by atoms with Crippen molar-refractivity contribution in [2.24, 2.45) is 5.92 Å². The van der Waals surface area contributed by atoms with Crippen LogP contribution in [-0.4, -0.2) is 23.0 Å². The molecule has 2 rings (SSSR count). The number of hydrogen-bond acceptors (Lipinski definition) is 2. The third kappa shape index (κ3) is 3.64. The van der Waals surface area contributed by atoms with Gasteiger partial charge in [0.1, 0.15) is 0 Å². The zero-order chi connectivity index (χ0) is 14.7. The number of nitrogens with one attached hydrogen (secondary N) is 1. The van der Waals surface area contributed by atoms with Crippen LogP contribution in [0.15, 0.2) is 18.2 Å². The largest absolute Gasteiger partial charge is 0.481 e. The van der Waals surface area contributed by atoms with E-state index in [1.807, 2.05) is 0 Å². The van der Waals surface area contributed by atoms with Gasteiger partial charge in [0.15, 0.2) is 0 Å². The summed E-state index contributed by atoms with van der Waals surface area (Å²) in [6.45, 7) is 0. The SMILES string of the molecule is O=C(Cc1c(Cl)cccc1Cl)N[C@@H]1CC[C@H](C(=O)O)C1. The molecule has 1 fully saturated rings. The minimum atomic E-state index is -0.795. The highest BCUT2D eigenvalue weighted by Crippen LogP contribution is 2.27. The van der Waals surface area contributed by atoms with Crippen molar-refractivity contribution in [2.45, 2.75) is 31.7 Å². The zero-order valence-corrected chi connectivity index (χ0v) is 12.2. The van der Waals surface area contributed by atoms with Crippen LogP contribution >= 0.6 is 23.2 Å². The summed E-state index contributed by atoms with van der Waals surface area (Å²) >= 11 is 12.0. The first-order valence-electron chi connectivity index (χ1n) is 6.42. The highest BCUT2D eigenvalue weighted by molar-refractivity contribution is 6.36. The van der Waals surface area contributed by atoms with E-state index in [0.717, 1.165) is 0 Å². The maximum absolute atomic E-state index is 12.0. The summed E-state index contributed by atoms with van der Waals surface area (Å²) in [6, 6.07) is 5.02. The molecule has 6 heteroatoms. The molecule has 20 heavy (non-hydrogen) atoms. The number of benzene rings is 1. The summed E-state index contributed by atoms with van der Waals surface area (Å²) in [5.74, 6) is -1.34. The van der Waals surface area contributed by atoms with Gasteiger partial charge in [-0.15, -0.1) is 0 Å². The number of rotatable bonds is 4. The van der Waals surface area contributed by atoms with Crippen molar-refractivity contribution in [3.05, 3.63) is 33.8 Å². The Morgan fingerprint density at radius 1 is 1.25 bits per heavy atom. The maximum Gasteiger partial charge on any atom is 0.306 e. The lowest BCUT2D eigenvalue weighted by Gasteiger charge is -2.13. The Morgan fingerprint density at radius 2 is 1.90 bits per heavy atom. The fourth-order valence-electron chi connectivity index (χ4n) is 2.48. The number of carboxylic acids is 1. The number of aliphatic carboxylic acids is 1. The number of carbonyl (C=O) groups excluding carboxylic acids is 1. The quantitative estimate of drug-likeness (QED) is 0.897. The number of carbonyl (C=O) groups is 2. The van der Waals surface area contributed by atoms with Gasteiger partial charge in [0, 0.05) is 16.1 Å². The van der Waals surface area contributed by atoms with E-state index in [1.54, 1.807) is 18.2 Å². The van der Waals surface area contributed by atoms with Crippen molar-refractivity contribution in [2.75, 3.05) is 0 Å². The molecule has 1 aliphatic carbocycles. The number of hydrogen-bond donors (Lipinski definition) is 2. The van der Waals surface area contributed by atoms with E-state index in [9.17, 15) is 9.59 Å². The van der Waals surface area contributed by atoms with Crippen LogP contribution in [0.3, 0.4) is 0 Å². The molecule has 1 amide bonds. The number of halogens is 2. The second-order valence-electron chi connectivity index (χ2n) is 4.99. The zero-order valence-electron chi connectivity index (χ0n) is 10.7. The first-order chi connectivity index (χ1) is 9.47. The van der Waals surface area contributed by atoms with Gasteiger partial charge in [-0.3, -0.25) is 9.59 Å². The number of carboxylic acid groups (broad SMARTS) is 1. The van der Waals surface area contributed by atoms with Gasteiger partial charge in [-0.05, 0) is 37.0 Å². The monoisotopic (exact) mass is 315 g/mol. The van der Waals surface area contributed by atoms with Crippen molar-refractivity contribution in [1.29, 1.82) is 0 Å². The predicted molar refractivity (Wildman–Crippen MR) is 77.1 cm³/mol. The second kappa shape index (κ2) is 6.46. The molecule has 1 aromatic carbocycles. The maximum atomic E-state index is 12.0. The standard InChI is InChI=1S/C14H15Cl2NO3/c15-11-2-1-3-12(16)10(11)7-13(18)17-9-5-4-8(6-9)14(19)20/h1-3,8-9H,4-7H2,(H,17,18)(H,19,20)/t8-,9+/m0/s1. The first-order valence-corrected chi connectivity index (χ1v) is 7.18. The molecule has 1 aromatic rings. The van der Waals surface area contributed by atoms with Crippen molar-refractivity contribution in [3.8, 4) is 0 Å². The van der Waals surface area contributed by atoms with Gasteiger partial charge in [0.05, 0.1) is 12.3 Å². The predicted octanol–water partition coefficient (Wildman–Crippen LogP) is 2.91. The molecule has 108 valence electrons. The Morgan fingerprint density at radius 3 is 2.45 bits per heavy atom. The molecule has 1 saturated carbocycles. The topological polar surface area (TPSA) is 66.4 Å². The molecule has 2 N–H and O–H groups in total. The highest BCUT2D eigenvalue weighted by Gasteiger charge is 2.30. The van der Waals surface area contributed by atoms with E-state index < -0.39 is 5.97 Å². The highest BCUT2D eigenvalue weighted by atomic mass is 35.5. The molecular formula is C14H15Cl2NO3. The van der Waals surface area contributed by atoms with Gasteiger partial charge in [0.2, 0.25) is 5.91 Å². The van der Waals surface area contributed by atoms with Crippen LogP contribution in [0.1, 0.15) is 24.8 Å². The molecule has 0 unspecified atom stereocenters. The molecule has 1 aliphatic rings. The van der Waals surface area contributed by atoms with E-state index in [-0.39, 0.29) is 24.3 Å². The average Bonchev–Trinajstić information content (AvgIpc) is 2.82. The third-order valence-corrected chi connectivity index (χ3v) is 4.25. The average molecular weight is 316 g/mol. The molecule has 0 spiro atoms. The molecule has 0 aromatic heterocycles. The fraction of sp³-hybridized carbons (Fsp3) is 0.429. The van der Waals surface area contributed by atoms with E-state index in [1.165, 1.54) is 0 Å². The molecule has 0 radical (unpaired) electrons. The summed E-state index contributed by atoms with van der Waals surface area (Å²) in [6.07, 6.45) is 1.89. The van der Waals surface area contributed by atoms with Gasteiger partial charge in [-0.25, -0.2) is 0 Å². The third-order valence-electron chi connectivity index (χ3n) is 3.55. The van der Waals surface area contributed by atoms with Crippen LogP contribution < -0.4 is 5.32 Å². The molecule has 4 nitrogen and oxygen atoms in total. The summed E-state index contributed by atoms with van der Waals surface area (Å²) in [4.78, 5) is 22.8. The Kier molecular flexibility index (Phi) is 4.89. The molecule has 0 heterocycles. The van der Waals surface area contributed by atoms with Crippen molar-refractivity contribution >= 4 is 35.1 Å². The molecule has 0 saturated heterocycles. The Hall–Kier alpha value is -1.26. The van der Waals surface area contributed by atoms with Gasteiger partial charge in [-0.2, -0.15) is 0 Å². The van der Waals surface area contributed by atoms with E-state index in [0.29, 0.717) is 34.9 Å². The Labute approximate surface area is 127 Å². The Bertz CT molecular complexity index is 513. The lowest BCUT2D eigenvalue weighted by molar-refractivity contribution is -0.141. The first kappa shape index (κ1) is 15.1. The van der Waals surface area contributed by atoms with E-state index in [4.69, 9.17) is 28.3 Å². The van der Waals surface area contributed by atoms with Gasteiger partial charge in [-0.1, -0.05) is 29.3 Å². The summed E-state index contributed by atoms with van der Waals surface area (Å²) in [5, 5.41) is 12.7. The van der Waals surface area contributed by atoms with Crippen LogP contribution in [0, 0.1) is 5.92 Å².